The molecule has 2 heteroatoms. The molecule has 0 saturated heterocycles. The molecule has 5 aliphatic rings. The Morgan fingerprint density at radius 3 is 1.44 bits per heavy atom. The minimum Gasteiger partial charge on any atom is -0.310 e. The van der Waals surface area contributed by atoms with Crippen LogP contribution in [0.25, 0.3) is 87.9 Å². The fourth-order valence-electron chi connectivity index (χ4n) is 16.2. The Morgan fingerprint density at radius 2 is 0.826 bits per heavy atom. The van der Waals surface area contributed by atoms with E-state index in [4.69, 9.17) is 0 Å². The predicted molar refractivity (Wildman–Crippen MR) is 366 cm³/mol. The van der Waals surface area contributed by atoms with Gasteiger partial charge in [-0.25, -0.2) is 0 Å². The highest BCUT2D eigenvalue weighted by Crippen LogP contribution is 2.57. The van der Waals surface area contributed by atoms with Gasteiger partial charge in [-0.05, 0) is 191 Å². The maximum atomic E-state index is 2.64. The van der Waals surface area contributed by atoms with Crippen LogP contribution in [0.4, 0.5) is 22.7 Å². The van der Waals surface area contributed by atoms with Crippen LogP contribution in [0.5, 0.6) is 0 Å². The average molecular weight is 1100 g/mol. The first kappa shape index (κ1) is 50.7. The largest absolute Gasteiger partial charge is 0.310 e. The summed E-state index contributed by atoms with van der Waals surface area (Å²) in [4.78, 5) is 5.18. The fraction of sp³-hybridized carbons (Fsp3) is 0.143. The maximum Gasteiger partial charge on any atom is 0.0540 e. The number of rotatable bonds is 8. The third-order valence-corrected chi connectivity index (χ3v) is 20.3. The van der Waals surface area contributed by atoms with Gasteiger partial charge in [0.25, 0.3) is 0 Å². The number of anilines is 4. The maximum absolute atomic E-state index is 2.64. The molecule has 0 unspecified atom stereocenters. The van der Waals surface area contributed by atoms with E-state index >= 15 is 0 Å². The Hall–Kier alpha value is -9.76. The Morgan fingerprint density at radius 1 is 0.337 bits per heavy atom. The predicted octanol–water partition coefficient (Wildman–Crippen LogP) is 22.4. The van der Waals surface area contributed by atoms with Gasteiger partial charge in [-0.15, -0.1) is 0 Å². The Labute approximate surface area is 505 Å². The van der Waals surface area contributed by atoms with Crippen LogP contribution >= 0.6 is 0 Å². The zero-order chi connectivity index (χ0) is 57.4. The Balaban J connectivity index is 0.996. The molecule has 0 aromatic heterocycles. The van der Waals surface area contributed by atoms with E-state index in [1.54, 1.807) is 0 Å². The van der Waals surface area contributed by atoms with Crippen LogP contribution < -0.4 is 9.80 Å². The first-order chi connectivity index (χ1) is 42.2. The van der Waals surface area contributed by atoms with Gasteiger partial charge in [0.2, 0.25) is 0 Å². The average Bonchev–Trinajstić information content (AvgIpc) is 1.27. The van der Waals surface area contributed by atoms with Crippen LogP contribution in [0.15, 0.2) is 260 Å². The molecule has 0 fully saturated rings. The van der Waals surface area contributed by atoms with Crippen LogP contribution in [0.2, 0.25) is 0 Å². The topological polar surface area (TPSA) is 6.48 Å². The molecule has 0 heterocycles. The van der Waals surface area contributed by atoms with E-state index in [-0.39, 0.29) is 10.8 Å². The third-order valence-electron chi connectivity index (χ3n) is 20.3. The van der Waals surface area contributed by atoms with Crippen molar-refractivity contribution >= 4 is 88.4 Å². The second-order valence-electron chi connectivity index (χ2n) is 25.6. The number of hydrogen-bond donors (Lipinski definition) is 0. The molecule has 86 heavy (non-hydrogen) atoms. The lowest BCUT2D eigenvalue weighted by molar-refractivity contribution is 0.652. The highest BCUT2D eigenvalue weighted by atomic mass is 15.2. The number of aryl methyl sites for hydroxylation is 2. The van der Waals surface area contributed by atoms with Gasteiger partial charge in [0, 0.05) is 55.5 Å². The molecule has 0 bridgehead atoms. The molecular formula is C84H66N2. The van der Waals surface area contributed by atoms with Crippen molar-refractivity contribution in [1.29, 1.82) is 0 Å². The van der Waals surface area contributed by atoms with Crippen LogP contribution in [0.3, 0.4) is 0 Å². The van der Waals surface area contributed by atoms with E-state index in [9.17, 15) is 0 Å². The number of benzene rings is 12. The van der Waals surface area contributed by atoms with Crippen molar-refractivity contribution in [3.05, 3.63) is 310 Å². The Bertz CT molecular complexity index is 5000. The highest BCUT2D eigenvalue weighted by molar-refractivity contribution is 6.21. The summed E-state index contributed by atoms with van der Waals surface area (Å²) in [6, 6.07) is 90.4. The van der Waals surface area contributed by atoms with Crippen LogP contribution in [-0.2, 0) is 23.7 Å². The summed E-state index contributed by atoms with van der Waals surface area (Å²) in [6.07, 6.45) is 13.5. The summed E-state index contributed by atoms with van der Waals surface area (Å²) in [5, 5.41) is 9.98. The molecule has 0 saturated carbocycles. The van der Waals surface area contributed by atoms with E-state index in [2.05, 4.69) is 292 Å². The summed E-state index contributed by atoms with van der Waals surface area (Å²) < 4.78 is 0. The SMILES string of the molecule is CC1(C)C2=C(CCC(c3c4cc(N(C5=CCCc6ccccc65)c5cccc6ccccc56)ccc4c(-c4ccc5c(c4)C(C)(C)c4ccccc4-5)c4cc(N(C5=CCCc6ccccc65)c5cccc6ccccc56)ccc34)=C2)c2ccccc21. The molecular weight excluding hydrogens is 1040 g/mol. The molecule has 2 nitrogen and oxygen atoms in total. The standard InChI is InChI=1S/C84H66N2/c1-83(2)73-35-15-13-33-65(73)67-45-41-57(49-75(67)83)81-69-47-43-60(86(79-39-19-27-55-23-7-11-31-63(55)79)80-40-20-28-56-24-8-12-32-64(56)80)52-72(69)82(58-42-46-68-66-34-14-16-36-74(66)84(3,4)76(68)50-58)70-48-44-59(51-71(70)81)85(77-37-17-25-53-21-5-9-29-61(53)77)78-38-18-26-54-22-6-10-30-62(54)78/h5-17,19,21-25,27,29-41,43-45,47-52H,18,20,26,28,42,46H2,1-4H3. The normalized spacial score (nSPS) is 16.0. The quantitative estimate of drug-likeness (QED) is 0.140. The molecule has 412 valence electrons. The van der Waals surface area contributed by atoms with Crippen molar-refractivity contribution in [2.24, 2.45) is 0 Å². The molecule has 5 aliphatic carbocycles. The van der Waals surface area contributed by atoms with Crippen LogP contribution in [0, 0.1) is 0 Å². The lowest BCUT2D eigenvalue weighted by Gasteiger charge is -2.33. The van der Waals surface area contributed by atoms with Crippen molar-refractivity contribution < 1.29 is 0 Å². The molecule has 12 aromatic rings. The van der Waals surface area contributed by atoms with Gasteiger partial charge < -0.3 is 9.80 Å². The van der Waals surface area contributed by atoms with Crippen LogP contribution in [0.1, 0.15) is 103 Å². The summed E-state index contributed by atoms with van der Waals surface area (Å²) >= 11 is 0. The number of fused-ring (bicyclic) bond motifs is 11. The van der Waals surface area contributed by atoms with E-state index in [0.717, 1.165) is 49.9 Å². The van der Waals surface area contributed by atoms with E-state index in [1.165, 1.54) is 155 Å². The molecule has 0 N–H and O–H groups in total. The summed E-state index contributed by atoms with van der Waals surface area (Å²) in [6.45, 7) is 9.74. The zero-order valence-corrected chi connectivity index (χ0v) is 49.4. The first-order valence-corrected chi connectivity index (χ1v) is 31.1. The van der Waals surface area contributed by atoms with Crippen molar-refractivity contribution in [3.63, 3.8) is 0 Å². The monoisotopic (exact) mass is 1100 g/mol. The minimum atomic E-state index is -0.190. The third kappa shape index (κ3) is 7.64. The smallest absolute Gasteiger partial charge is 0.0540 e. The molecule has 0 radical (unpaired) electrons. The molecule has 0 aliphatic heterocycles. The van der Waals surface area contributed by atoms with Crippen molar-refractivity contribution in [2.45, 2.75) is 77.0 Å². The van der Waals surface area contributed by atoms with Gasteiger partial charge in [0.05, 0.1) is 11.4 Å². The number of nitrogens with zero attached hydrogens (tertiary/aromatic N) is 2. The second kappa shape index (κ2) is 19.4. The molecule has 17 rings (SSSR count). The summed E-state index contributed by atoms with van der Waals surface area (Å²) in [5.41, 5.74) is 28.6. The lowest BCUT2D eigenvalue weighted by atomic mass is 9.76. The highest BCUT2D eigenvalue weighted by Gasteiger charge is 2.40. The van der Waals surface area contributed by atoms with Crippen LogP contribution in [-0.4, -0.2) is 0 Å². The molecule has 0 atom stereocenters. The van der Waals surface area contributed by atoms with Crippen molar-refractivity contribution in [2.75, 3.05) is 9.80 Å². The minimum absolute atomic E-state index is 0.148. The van der Waals surface area contributed by atoms with E-state index in [0.29, 0.717) is 0 Å². The zero-order valence-electron chi connectivity index (χ0n) is 49.4. The lowest BCUT2D eigenvalue weighted by Crippen LogP contribution is -2.19. The summed E-state index contributed by atoms with van der Waals surface area (Å²) in [5.74, 6) is 0. The van der Waals surface area contributed by atoms with Gasteiger partial charge in [-0.2, -0.15) is 0 Å². The first-order valence-electron chi connectivity index (χ1n) is 31.1. The van der Waals surface area contributed by atoms with Gasteiger partial charge in [-0.1, -0.05) is 240 Å². The van der Waals surface area contributed by atoms with Gasteiger partial charge in [0.15, 0.2) is 0 Å². The van der Waals surface area contributed by atoms with Gasteiger partial charge in [0.1, 0.15) is 0 Å². The van der Waals surface area contributed by atoms with Gasteiger partial charge in [-0.3, -0.25) is 0 Å². The molecule has 0 spiro atoms. The fourth-order valence-corrected chi connectivity index (χ4v) is 16.2. The van der Waals surface area contributed by atoms with E-state index < -0.39 is 0 Å². The van der Waals surface area contributed by atoms with Crippen molar-refractivity contribution in [1.82, 2.24) is 0 Å². The second-order valence-corrected chi connectivity index (χ2v) is 25.6. The number of hydrogen-bond acceptors (Lipinski definition) is 2. The van der Waals surface area contributed by atoms with E-state index in [1.807, 2.05) is 0 Å². The Kier molecular flexibility index (Phi) is 11.4. The molecule has 12 aromatic carbocycles. The van der Waals surface area contributed by atoms with Gasteiger partial charge >= 0.3 is 0 Å². The van der Waals surface area contributed by atoms with Crippen molar-refractivity contribution in [3.8, 4) is 22.3 Å². The molecule has 0 amide bonds. The number of allylic oxidation sites excluding steroid dienone is 6. The summed E-state index contributed by atoms with van der Waals surface area (Å²) in [7, 11) is 0.